The monoisotopic (exact) mass is 336 g/mol. The average molecular weight is 337 g/mol. The zero-order chi connectivity index (χ0) is 14.9. The van der Waals surface area contributed by atoms with Crippen molar-refractivity contribution in [1.82, 2.24) is 9.97 Å². The van der Waals surface area contributed by atoms with E-state index in [1.54, 1.807) is 0 Å². The molecule has 0 radical (unpaired) electrons. The van der Waals surface area contributed by atoms with E-state index in [0.29, 0.717) is 0 Å². The van der Waals surface area contributed by atoms with E-state index >= 15 is 0 Å². The average Bonchev–Trinajstić information content (AvgIpc) is 2.33. The van der Waals surface area contributed by atoms with Gasteiger partial charge in [0.2, 0.25) is 0 Å². The summed E-state index contributed by atoms with van der Waals surface area (Å²) in [5, 5.41) is -0.278. The third-order valence-electron chi connectivity index (χ3n) is 2.18. The molecule has 0 aliphatic rings. The fourth-order valence-electron chi connectivity index (χ4n) is 1.35. The van der Waals surface area contributed by atoms with Crippen LogP contribution >= 0.6 is 23.2 Å². The molecule has 0 amide bonds. The van der Waals surface area contributed by atoms with Crippen LogP contribution < -0.4 is 10.5 Å². The lowest BCUT2D eigenvalue weighted by Gasteiger charge is -2.09. The van der Waals surface area contributed by atoms with Crippen LogP contribution in [0.15, 0.2) is 29.4 Å². The van der Waals surface area contributed by atoms with Crippen molar-refractivity contribution in [2.24, 2.45) is 0 Å². The molecule has 0 spiro atoms. The van der Waals surface area contributed by atoms with Crippen molar-refractivity contribution in [2.45, 2.75) is 4.90 Å². The van der Waals surface area contributed by atoms with E-state index in [9.17, 15) is 12.8 Å². The molecule has 106 valence electrons. The van der Waals surface area contributed by atoms with Gasteiger partial charge in [-0.05, 0) is 18.2 Å². The SMILES string of the molecule is Nc1cc(F)cc(S(=O)(=O)Nc2ncnc(Cl)c2Cl)c1. The summed E-state index contributed by atoms with van der Waals surface area (Å²) >= 11 is 11.4. The van der Waals surface area contributed by atoms with Gasteiger partial charge in [-0.2, -0.15) is 0 Å². The third kappa shape index (κ3) is 3.09. The van der Waals surface area contributed by atoms with Gasteiger partial charge in [0.05, 0.1) is 4.90 Å². The van der Waals surface area contributed by atoms with Gasteiger partial charge in [0.1, 0.15) is 17.2 Å². The zero-order valence-corrected chi connectivity index (χ0v) is 12.0. The molecule has 1 heterocycles. The Morgan fingerprint density at radius 1 is 1.20 bits per heavy atom. The van der Waals surface area contributed by atoms with Crippen molar-refractivity contribution in [3.63, 3.8) is 0 Å². The van der Waals surface area contributed by atoms with E-state index in [-0.39, 0.29) is 26.6 Å². The van der Waals surface area contributed by atoms with Crippen molar-refractivity contribution in [2.75, 3.05) is 10.5 Å². The Morgan fingerprint density at radius 3 is 2.55 bits per heavy atom. The highest BCUT2D eigenvalue weighted by Gasteiger charge is 2.19. The van der Waals surface area contributed by atoms with Crippen LogP contribution in [0.4, 0.5) is 15.9 Å². The summed E-state index contributed by atoms with van der Waals surface area (Å²) in [5.41, 5.74) is 5.37. The molecule has 20 heavy (non-hydrogen) atoms. The Morgan fingerprint density at radius 2 is 1.90 bits per heavy atom. The van der Waals surface area contributed by atoms with Crippen LogP contribution in [0.5, 0.6) is 0 Å². The molecule has 0 aliphatic carbocycles. The normalized spacial score (nSPS) is 11.3. The van der Waals surface area contributed by atoms with E-state index < -0.39 is 15.8 Å². The number of nitrogens with zero attached hydrogens (tertiary/aromatic N) is 2. The highest BCUT2D eigenvalue weighted by atomic mass is 35.5. The largest absolute Gasteiger partial charge is 0.399 e. The van der Waals surface area contributed by atoms with Gasteiger partial charge in [0.15, 0.2) is 11.0 Å². The Hall–Kier alpha value is -1.64. The number of sulfonamides is 1. The molecule has 0 saturated heterocycles. The summed E-state index contributed by atoms with van der Waals surface area (Å²) in [5.74, 6) is -0.994. The van der Waals surface area contributed by atoms with Crippen LogP contribution in [0.25, 0.3) is 0 Å². The summed E-state index contributed by atoms with van der Waals surface area (Å²) in [6, 6.07) is 2.91. The van der Waals surface area contributed by atoms with Crippen LogP contribution in [0.3, 0.4) is 0 Å². The molecule has 0 fully saturated rings. The second-order valence-corrected chi connectivity index (χ2v) is 6.07. The molecule has 6 nitrogen and oxygen atoms in total. The number of nitrogens with two attached hydrogens (primary N) is 1. The fraction of sp³-hybridized carbons (Fsp3) is 0. The van der Waals surface area contributed by atoms with Crippen LogP contribution in [0.1, 0.15) is 0 Å². The molecule has 0 atom stereocenters. The van der Waals surface area contributed by atoms with E-state index in [1.807, 2.05) is 0 Å². The zero-order valence-electron chi connectivity index (χ0n) is 9.64. The maximum Gasteiger partial charge on any atom is 0.263 e. The smallest absolute Gasteiger partial charge is 0.263 e. The molecular weight excluding hydrogens is 330 g/mol. The first-order valence-electron chi connectivity index (χ1n) is 5.04. The minimum absolute atomic E-state index is 0.0304. The topological polar surface area (TPSA) is 98.0 Å². The quantitative estimate of drug-likeness (QED) is 0.662. The molecule has 0 aliphatic heterocycles. The molecule has 2 aromatic rings. The lowest BCUT2D eigenvalue weighted by molar-refractivity contribution is 0.595. The molecule has 3 N–H and O–H groups in total. The summed E-state index contributed by atoms with van der Waals surface area (Å²) in [6.07, 6.45) is 1.03. The maximum atomic E-state index is 13.2. The van der Waals surface area contributed by atoms with Crippen molar-refractivity contribution in [1.29, 1.82) is 0 Å². The van der Waals surface area contributed by atoms with Crippen LogP contribution in [-0.2, 0) is 10.0 Å². The first-order valence-corrected chi connectivity index (χ1v) is 7.28. The fourth-order valence-corrected chi connectivity index (χ4v) is 2.77. The lowest BCUT2D eigenvalue weighted by Crippen LogP contribution is -2.15. The van der Waals surface area contributed by atoms with E-state index in [1.165, 1.54) is 0 Å². The second kappa shape index (κ2) is 5.39. The number of aromatic nitrogens is 2. The Balaban J connectivity index is 2.43. The maximum absolute atomic E-state index is 13.2. The lowest BCUT2D eigenvalue weighted by atomic mass is 10.3. The van der Waals surface area contributed by atoms with Gasteiger partial charge in [-0.25, -0.2) is 22.8 Å². The first-order chi connectivity index (χ1) is 9.29. The number of anilines is 2. The number of nitrogens with one attached hydrogen (secondary N) is 1. The molecule has 1 aromatic heterocycles. The van der Waals surface area contributed by atoms with Crippen LogP contribution in [0, 0.1) is 5.82 Å². The van der Waals surface area contributed by atoms with Crippen molar-refractivity contribution in [3.8, 4) is 0 Å². The molecule has 1 aromatic carbocycles. The highest BCUT2D eigenvalue weighted by molar-refractivity contribution is 7.92. The third-order valence-corrected chi connectivity index (χ3v) is 4.24. The second-order valence-electron chi connectivity index (χ2n) is 3.65. The molecular formula is C10H7Cl2FN4O2S. The molecule has 0 unspecified atom stereocenters. The van der Waals surface area contributed by atoms with Crippen molar-refractivity contribution in [3.05, 3.63) is 40.5 Å². The number of rotatable bonds is 3. The minimum atomic E-state index is -4.10. The van der Waals surface area contributed by atoms with E-state index in [4.69, 9.17) is 28.9 Å². The first kappa shape index (κ1) is 14.8. The van der Waals surface area contributed by atoms with Gasteiger partial charge >= 0.3 is 0 Å². The van der Waals surface area contributed by atoms with Gasteiger partial charge in [0, 0.05) is 5.69 Å². The number of hydrogen-bond donors (Lipinski definition) is 2. The Kier molecular flexibility index (Phi) is 3.98. The van der Waals surface area contributed by atoms with Gasteiger partial charge in [-0.3, -0.25) is 4.72 Å². The summed E-state index contributed by atoms with van der Waals surface area (Å²) < 4.78 is 39.4. The highest BCUT2D eigenvalue weighted by Crippen LogP contribution is 2.27. The predicted octanol–water partition coefficient (Wildman–Crippen LogP) is 2.31. The van der Waals surface area contributed by atoms with Gasteiger partial charge in [-0.1, -0.05) is 23.2 Å². The minimum Gasteiger partial charge on any atom is -0.399 e. The van der Waals surface area contributed by atoms with Gasteiger partial charge in [0.25, 0.3) is 10.0 Å². The van der Waals surface area contributed by atoms with Crippen molar-refractivity contribution >= 4 is 44.7 Å². The summed E-state index contributed by atoms with van der Waals surface area (Å²) in [6.45, 7) is 0. The Bertz CT molecular complexity index is 750. The number of halogens is 3. The van der Waals surface area contributed by atoms with Gasteiger partial charge in [-0.15, -0.1) is 0 Å². The Labute approximate surface area is 123 Å². The predicted molar refractivity (Wildman–Crippen MR) is 73.7 cm³/mol. The molecule has 0 bridgehead atoms. The number of nitrogen functional groups attached to an aromatic ring is 1. The van der Waals surface area contributed by atoms with E-state index in [2.05, 4.69) is 14.7 Å². The molecule has 0 saturated carbocycles. The molecule has 10 heteroatoms. The van der Waals surface area contributed by atoms with E-state index in [0.717, 1.165) is 24.5 Å². The van der Waals surface area contributed by atoms with Crippen LogP contribution in [-0.4, -0.2) is 18.4 Å². The number of hydrogen-bond acceptors (Lipinski definition) is 5. The number of benzene rings is 1. The van der Waals surface area contributed by atoms with Gasteiger partial charge < -0.3 is 5.73 Å². The van der Waals surface area contributed by atoms with Crippen LogP contribution in [0.2, 0.25) is 10.2 Å². The summed E-state index contributed by atoms with van der Waals surface area (Å²) in [4.78, 5) is 6.87. The standard InChI is InChI=1S/C10H7Cl2FN4O2S/c11-8-9(12)15-4-16-10(8)17-20(18,19)7-2-5(13)1-6(14)3-7/h1-4H,14H2,(H,15,16,17). The molecule has 2 rings (SSSR count). The summed E-state index contributed by atoms with van der Waals surface area (Å²) in [7, 11) is -4.10. The van der Waals surface area contributed by atoms with Crippen molar-refractivity contribution < 1.29 is 12.8 Å².